The van der Waals surface area contributed by atoms with Crippen LogP contribution in [0.15, 0.2) is 109 Å². The van der Waals surface area contributed by atoms with Crippen LogP contribution in [0.1, 0.15) is 361 Å². The molecule has 0 aromatic heterocycles. The molecule has 0 aliphatic heterocycles. The smallest absolute Gasteiger partial charge is 0.306 e. The molecule has 0 fully saturated rings. The minimum atomic E-state index is -1.63. The number of ether oxygens (including phenoxy) is 4. The summed E-state index contributed by atoms with van der Waals surface area (Å²) in [5.41, 5.74) is 0. The highest BCUT2D eigenvalue weighted by atomic mass is 16.7. The molecule has 0 aliphatic carbocycles. The van der Waals surface area contributed by atoms with E-state index in [1.807, 2.05) is 21.1 Å². The van der Waals surface area contributed by atoms with E-state index in [0.29, 0.717) is 17.4 Å². The molecule has 9 nitrogen and oxygen atoms in total. The Morgan fingerprint density at radius 1 is 0.326 bits per heavy atom. The number of carbonyl (C=O) groups excluding carboxylic acids is 3. The zero-order valence-electron chi connectivity index (χ0n) is 62.8. The SMILES string of the molecule is CC/C=C\C/C=C\C/C=C\C/C=C\C/C=C\C/C=C\C/C=C\C/C=C\CCCCCCCCCCC(=O)OC(COC(=O)CCCCCCCCCCCCCCCCCCCCCCCCCCC/C=C\CCCCCCCCCC)COC(OCC[N+](C)(C)C)C(=O)[O-]. The van der Waals surface area contributed by atoms with E-state index in [-0.39, 0.29) is 38.6 Å². The Kier molecular flexibility index (Phi) is 72.5. The summed E-state index contributed by atoms with van der Waals surface area (Å²) >= 11 is 0. The first-order valence-corrected chi connectivity index (χ1v) is 40.0. The molecule has 0 aromatic rings. The van der Waals surface area contributed by atoms with Crippen molar-refractivity contribution in [3.8, 4) is 0 Å². The summed E-state index contributed by atoms with van der Waals surface area (Å²) in [6.45, 7) is 4.66. The van der Waals surface area contributed by atoms with Crippen LogP contribution in [0.25, 0.3) is 0 Å². The van der Waals surface area contributed by atoms with Crippen LogP contribution < -0.4 is 5.11 Å². The van der Waals surface area contributed by atoms with E-state index in [4.69, 9.17) is 18.9 Å². The third-order valence-electron chi connectivity index (χ3n) is 17.5. The number of unbranched alkanes of at least 4 members (excludes halogenated alkanes) is 41. The second kappa shape index (κ2) is 75.7. The number of carboxylic acids is 1. The van der Waals surface area contributed by atoms with Crippen LogP contribution in [0.3, 0.4) is 0 Å². The number of likely N-dealkylation sites (N-methyl/N-ethyl adjacent to an activating group) is 1. The third-order valence-corrected chi connectivity index (χ3v) is 17.5. The molecule has 0 saturated heterocycles. The van der Waals surface area contributed by atoms with Crippen molar-refractivity contribution in [2.75, 3.05) is 47.5 Å². The highest BCUT2D eigenvalue weighted by molar-refractivity contribution is 5.70. The maximum atomic E-state index is 13.0. The van der Waals surface area contributed by atoms with Crippen molar-refractivity contribution in [2.45, 2.75) is 373 Å². The lowest BCUT2D eigenvalue weighted by molar-refractivity contribution is -0.870. The quantitative estimate of drug-likeness (QED) is 0.0195. The number of allylic oxidation sites excluding steroid dienone is 18. The predicted octanol–water partition coefficient (Wildman–Crippen LogP) is 24.4. The van der Waals surface area contributed by atoms with Gasteiger partial charge in [0.2, 0.25) is 0 Å². The molecule has 2 atom stereocenters. The molecule has 0 spiro atoms. The van der Waals surface area contributed by atoms with Crippen molar-refractivity contribution in [2.24, 2.45) is 0 Å². The molecule has 0 rings (SSSR count). The summed E-state index contributed by atoms with van der Waals surface area (Å²) in [5.74, 6) is -2.28. The van der Waals surface area contributed by atoms with Gasteiger partial charge >= 0.3 is 11.9 Å². The van der Waals surface area contributed by atoms with Gasteiger partial charge in [-0.3, -0.25) is 9.59 Å². The minimum absolute atomic E-state index is 0.143. The molecule has 0 N–H and O–H groups in total. The first-order chi connectivity index (χ1) is 46.6. The lowest BCUT2D eigenvalue weighted by Gasteiger charge is -2.26. The summed E-state index contributed by atoms with van der Waals surface area (Å²) in [7, 11) is 5.93. The maximum Gasteiger partial charge on any atom is 0.306 e. The summed E-state index contributed by atoms with van der Waals surface area (Å²) in [6.07, 6.45) is 104. The van der Waals surface area contributed by atoms with E-state index in [9.17, 15) is 19.5 Å². The molecule has 2 unspecified atom stereocenters. The zero-order valence-corrected chi connectivity index (χ0v) is 62.8. The van der Waals surface area contributed by atoms with Gasteiger partial charge in [-0.15, -0.1) is 0 Å². The van der Waals surface area contributed by atoms with Crippen LogP contribution in [-0.2, 0) is 33.3 Å². The molecule has 0 aliphatic rings. The predicted molar refractivity (Wildman–Crippen MR) is 407 cm³/mol. The van der Waals surface area contributed by atoms with E-state index >= 15 is 0 Å². The Morgan fingerprint density at radius 2 is 0.600 bits per heavy atom. The lowest BCUT2D eigenvalue weighted by atomic mass is 10.0. The van der Waals surface area contributed by atoms with Gasteiger partial charge < -0.3 is 33.3 Å². The lowest BCUT2D eigenvalue weighted by Crippen LogP contribution is -2.44. The molecule has 0 amide bonds. The second-order valence-corrected chi connectivity index (χ2v) is 28.0. The summed E-state index contributed by atoms with van der Waals surface area (Å²) in [6, 6.07) is 0. The summed E-state index contributed by atoms with van der Waals surface area (Å²) in [5, 5.41) is 11.9. The molecule has 0 saturated carbocycles. The van der Waals surface area contributed by atoms with Crippen molar-refractivity contribution in [3.63, 3.8) is 0 Å². The Hall–Kier alpha value is -4.05. The van der Waals surface area contributed by atoms with Gasteiger partial charge in [-0.1, -0.05) is 354 Å². The van der Waals surface area contributed by atoms with Gasteiger partial charge in [0, 0.05) is 12.8 Å². The number of esters is 2. The molecule has 0 heterocycles. The standard InChI is InChI=1S/C86H151NO8/c1-6-8-10-12-14-16-18-20-22-24-26-28-30-32-34-36-38-40-41-42-43-45-46-48-50-52-54-56-58-60-62-64-66-68-70-72-74-76-83(88)93-80-82(81-94-86(85(90)91)92-79-78-87(3,4)5)95-84(89)77-75-73-71-69-67-65-63-61-59-57-55-53-51-49-47-44-39-37-35-33-31-29-27-25-23-21-19-17-15-13-11-9-7-2/h9,11,15,17,21,23-24,26-27,29,33,35,39,44,49,51,55,57,82,86H,6-8,10,12-14,16,18-20,22,25,28,30-32,34,36-38,40-43,45-48,50,52-54,56,58-81H2,1-5H3/b11-9-,17-15-,23-21-,26-24-,29-27-,35-33-,44-39-,51-49-,57-55-. The van der Waals surface area contributed by atoms with Crippen molar-refractivity contribution >= 4 is 17.9 Å². The van der Waals surface area contributed by atoms with Gasteiger partial charge in [0.05, 0.1) is 40.3 Å². The van der Waals surface area contributed by atoms with Crippen LogP contribution in [0, 0.1) is 0 Å². The average Bonchev–Trinajstić information content (AvgIpc) is 3.75. The first-order valence-electron chi connectivity index (χ1n) is 40.0. The third kappa shape index (κ3) is 77.2. The molecule has 0 aromatic carbocycles. The summed E-state index contributed by atoms with van der Waals surface area (Å²) in [4.78, 5) is 37.6. The van der Waals surface area contributed by atoms with E-state index in [0.717, 1.165) is 96.3 Å². The molecule has 0 bridgehead atoms. The van der Waals surface area contributed by atoms with Gasteiger partial charge in [-0.05, 0) is 103 Å². The minimum Gasteiger partial charge on any atom is -0.545 e. The number of quaternary nitrogens is 1. The number of carbonyl (C=O) groups is 3. The van der Waals surface area contributed by atoms with Gasteiger partial charge in [-0.2, -0.15) is 0 Å². The molecule has 548 valence electrons. The van der Waals surface area contributed by atoms with E-state index < -0.39 is 24.3 Å². The normalized spacial score (nSPS) is 13.2. The zero-order chi connectivity index (χ0) is 69.0. The monoisotopic (exact) mass is 1330 g/mol. The fourth-order valence-electron chi connectivity index (χ4n) is 11.4. The topological polar surface area (TPSA) is 111 Å². The highest BCUT2D eigenvalue weighted by Gasteiger charge is 2.22. The van der Waals surface area contributed by atoms with Crippen molar-refractivity contribution in [1.29, 1.82) is 0 Å². The average molecular weight is 1330 g/mol. The fourth-order valence-corrected chi connectivity index (χ4v) is 11.4. The van der Waals surface area contributed by atoms with Crippen LogP contribution in [0.5, 0.6) is 0 Å². The Balaban J connectivity index is 4.05. The van der Waals surface area contributed by atoms with E-state index in [1.54, 1.807) is 0 Å². The molecule has 0 radical (unpaired) electrons. The molecule has 95 heavy (non-hydrogen) atoms. The molecular formula is C86H151NO8. The number of hydrogen-bond donors (Lipinski definition) is 0. The Bertz CT molecular complexity index is 1930. The largest absolute Gasteiger partial charge is 0.545 e. The summed E-state index contributed by atoms with van der Waals surface area (Å²) < 4.78 is 22.9. The van der Waals surface area contributed by atoms with E-state index in [1.165, 1.54) is 231 Å². The van der Waals surface area contributed by atoms with Gasteiger partial charge in [0.15, 0.2) is 12.4 Å². The van der Waals surface area contributed by atoms with Crippen molar-refractivity contribution in [3.05, 3.63) is 109 Å². The fraction of sp³-hybridized carbons (Fsp3) is 0.756. The van der Waals surface area contributed by atoms with Crippen LogP contribution >= 0.6 is 0 Å². The van der Waals surface area contributed by atoms with E-state index in [2.05, 4.69) is 123 Å². The van der Waals surface area contributed by atoms with Crippen LogP contribution in [0.2, 0.25) is 0 Å². The molecule has 9 heteroatoms. The molecular weight excluding hydrogens is 1170 g/mol. The number of aliphatic carboxylic acids is 1. The van der Waals surface area contributed by atoms with Crippen molar-refractivity contribution < 1.29 is 42.9 Å². The Labute approximate surface area is 587 Å². The maximum absolute atomic E-state index is 13.0. The van der Waals surface area contributed by atoms with Gasteiger partial charge in [0.1, 0.15) is 13.2 Å². The Morgan fingerprint density at radius 3 is 0.905 bits per heavy atom. The highest BCUT2D eigenvalue weighted by Crippen LogP contribution is 2.19. The number of hydrogen-bond acceptors (Lipinski definition) is 8. The van der Waals surface area contributed by atoms with Gasteiger partial charge in [-0.25, -0.2) is 0 Å². The number of nitrogens with zero attached hydrogens (tertiary/aromatic N) is 1. The van der Waals surface area contributed by atoms with Crippen molar-refractivity contribution in [1.82, 2.24) is 0 Å². The van der Waals surface area contributed by atoms with Crippen LogP contribution in [-0.4, -0.2) is 82.3 Å². The van der Waals surface area contributed by atoms with Gasteiger partial charge in [0.25, 0.3) is 0 Å². The second-order valence-electron chi connectivity index (χ2n) is 28.0. The first kappa shape index (κ1) is 91.0. The van der Waals surface area contributed by atoms with Crippen LogP contribution in [0.4, 0.5) is 0 Å². The number of carboxylic acid groups (broad SMARTS) is 1. The number of rotatable bonds is 74.